The number of rotatable bonds is 3. The van der Waals surface area contributed by atoms with E-state index >= 15 is 0 Å². The molecule has 0 saturated heterocycles. The number of aliphatic hydroxyl groups is 1. The highest BCUT2D eigenvalue weighted by Crippen LogP contribution is 2.32. The number of nitrogens with zero attached hydrogens (tertiary/aromatic N) is 3. The van der Waals surface area contributed by atoms with Crippen LogP contribution >= 0.6 is 11.3 Å². The molecule has 0 bridgehead atoms. The number of aromatic nitrogens is 3. The van der Waals surface area contributed by atoms with Crippen molar-refractivity contribution in [3.63, 3.8) is 0 Å². The molecule has 0 aliphatic carbocycles. The van der Waals surface area contributed by atoms with Crippen molar-refractivity contribution in [1.29, 1.82) is 0 Å². The highest BCUT2D eigenvalue weighted by molar-refractivity contribution is 7.21. The molecule has 4 rings (SSSR count). The van der Waals surface area contributed by atoms with Gasteiger partial charge < -0.3 is 10.8 Å². The molecule has 0 amide bonds. The van der Waals surface area contributed by atoms with Gasteiger partial charge in [-0.05, 0) is 11.6 Å². The number of hydrogen-bond acceptors (Lipinski definition) is 6. The predicted octanol–water partition coefficient (Wildman–Crippen LogP) is 3.49. The van der Waals surface area contributed by atoms with E-state index in [9.17, 15) is 5.11 Å². The van der Waals surface area contributed by atoms with Crippen molar-refractivity contribution in [2.24, 2.45) is 0 Å². The van der Waals surface area contributed by atoms with Crippen molar-refractivity contribution in [1.82, 2.24) is 15.0 Å². The Kier molecular flexibility index (Phi) is 3.68. The Balaban J connectivity index is 1.85. The van der Waals surface area contributed by atoms with Gasteiger partial charge in [0.2, 0.25) is 0 Å². The summed E-state index contributed by atoms with van der Waals surface area (Å²) in [6, 6.07) is 17.4. The fourth-order valence-corrected chi connectivity index (χ4v) is 3.44. The van der Waals surface area contributed by atoms with Crippen molar-refractivity contribution in [2.75, 3.05) is 5.73 Å². The highest BCUT2D eigenvalue weighted by atomic mass is 32.1. The van der Waals surface area contributed by atoms with E-state index in [1.165, 1.54) is 11.3 Å². The fourth-order valence-electron chi connectivity index (χ4n) is 2.49. The van der Waals surface area contributed by atoms with Crippen molar-refractivity contribution in [3.8, 4) is 22.0 Å². The van der Waals surface area contributed by atoms with E-state index in [2.05, 4.69) is 15.0 Å². The Hall–Kier alpha value is -2.83. The first-order valence-electron chi connectivity index (χ1n) is 7.44. The lowest BCUT2D eigenvalue weighted by molar-refractivity contribution is 0.282. The smallest absolute Gasteiger partial charge is 0.163 e. The normalized spacial score (nSPS) is 11.0. The maximum atomic E-state index is 9.29. The molecule has 0 atom stereocenters. The van der Waals surface area contributed by atoms with Crippen LogP contribution in [0.5, 0.6) is 0 Å². The molecule has 118 valence electrons. The molecule has 0 aliphatic rings. The predicted molar refractivity (Wildman–Crippen MR) is 96.4 cm³/mol. The van der Waals surface area contributed by atoms with Crippen LogP contribution in [0.3, 0.4) is 0 Å². The SMILES string of the molecule is Nc1nc(-c2cccc(CO)c2)nc2sc(-c3ccccc3)nc12. The Morgan fingerprint density at radius 2 is 1.71 bits per heavy atom. The van der Waals surface area contributed by atoms with Gasteiger partial charge in [0.05, 0.1) is 6.61 Å². The number of benzene rings is 2. The first-order chi connectivity index (χ1) is 11.7. The number of aliphatic hydroxyl groups excluding tert-OH is 1. The van der Waals surface area contributed by atoms with E-state index in [1.54, 1.807) is 0 Å². The van der Waals surface area contributed by atoms with E-state index in [0.717, 1.165) is 26.5 Å². The fraction of sp³-hybridized carbons (Fsp3) is 0.0556. The number of nitrogens with two attached hydrogens (primary N) is 1. The molecule has 3 N–H and O–H groups in total. The zero-order valence-corrected chi connectivity index (χ0v) is 13.5. The van der Waals surface area contributed by atoms with Gasteiger partial charge >= 0.3 is 0 Å². The Morgan fingerprint density at radius 3 is 2.50 bits per heavy atom. The van der Waals surface area contributed by atoms with Crippen molar-refractivity contribution < 1.29 is 5.11 Å². The standard InChI is InChI=1S/C18H14N4OS/c19-15-14-18(24-17(20-14)12-6-2-1-3-7-12)22-16(21-15)13-8-4-5-11(9-13)10-23/h1-9,23H,10H2,(H2,19,21,22). The number of fused-ring (bicyclic) bond motifs is 1. The van der Waals surface area contributed by atoms with Gasteiger partial charge in [0.25, 0.3) is 0 Å². The van der Waals surface area contributed by atoms with E-state index in [4.69, 9.17) is 5.73 Å². The molecule has 2 aromatic heterocycles. The summed E-state index contributed by atoms with van der Waals surface area (Å²) in [6.07, 6.45) is 0. The molecule has 0 fully saturated rings. The monoisotopic (exact) mass is 334 g/mol. The van der Waals surface area contributed by atoms with Crippen LogP contribution in [-0.2, 0) is 6.61 Å². The maximum Gasteiger partial charge on any atom is 0.163 e. The molecular weight excluding hydrogens is 320 g/mol. The minimum absolute atomic E-state index is 0.0235. The van der Waals surface area contributed by atoms with Gasteiger partial charge in [0.15, 0.2) is 11.6 Å². The first-order valence-corrected chi connectivity index (χ1v) is 8.26. The lowest BCUT2D eigenvalue weighted by Crippen LogP contribution is -1.97. The van der Waals surface area contributed by atoms with Crippen LogP contribution in [0.1, 0.15) is 5.56 Å². The van der Waals surface area contributed by atoms with E-state index in [1.807, 2.05) is 54.6 Å². The quantitative estimate of drug-likeness (QED) is 0.599. The molecule has 0 aliphatic heterocycles. The Bertz CT molecular complexity index is 1010. The Morgan fingerprint density at radius 1 is 0.917 bits per heavy atom. The summed E-state index contributed by atoms with van der Waals surface area (Å²) in [4.78, 5) is 14.3. The topological polar surface area (TPSA) is 84.9 Å². The largest absolute Gasteiger partial charge is 0.392 e. The number of thiazole rings is 1. The summed E-state index contributed by atoms with van der Waals surface area (Å²) in [7, 11) is 0. The number of nitrogen functional groups attached to an aromatic ring is 1. The van der Waals surface area contributed by atoms with E-state index in [-0.39, 0.29) is 6.61 Å². The molecule has 24 heavy (non-hydrogen) atoms. The molecular formula is C18H14N4OS. The third-order valence-corrected chi connectivity index (χ3v) is 4.67. The summed E-state index contributed by atoms with van der Waals surface area (Å²) in [5.74, 6) is 0.904. The lowest BCUT2D eigenvalue weighted by atomic mass is 10.1. The molecule has 2 aromatic carbocycles. The number of anilines is 1. The van der Waals surface area contributed by atoms with Crippen LogP contribution in [0.25, 0.3) is 32.3 Å². The van der Waals surface area contributed by atoms with E-state index < -0.39 is 0 Å². The summed E-state index contributed by atoms with van der Waals surface area (Å²) in [5.41, 5.74) is 9.39. The van der Waals surface area contributed by atoms with Crippen molar-refractivity contribution in [2.45, 2.75) is 6.61 Å². The van der Waals surface area contributed by atoms with Crippen LogP contribution in [0.2, 0.25) is 0 Å². The van der Waals surface area contributed by atoms with Crippen molar-refractivity contribution >= 4 is 27.5 Å². The second-order valence-corrected chi connectivity index (χ2v) is 6.31. The van der Waals surface area contributed by atoms with Crippen molar-refractivity contribution in [3.05, 3.63) is 60.2 Å². The summed E-state index contributed by atoms with van der Waals surface area (Å²) < 4.78 is 0. The lowest BCUT2D eigenvalue weighted by Gasteiger charge is -2.03. The van der Waals surface area contributed by atoms with Crippen LogP contribution in [0.4, 0.5) is 5.82 Å². The van der Waals surface area contributed by atoms with Gasteiger partial charge in [-0.15, -0.1) is 0 Å². The Labute approximate surface area is 142 Å². The van der Waals surface area contributed by atoms with Gasteiger partial charge in [-0.25, -0.2) is 15.0 Å². The summed E-state index contributed by atoms with van der Waals surface area (Å²) in [5, 5.41) is 10.2. The van der Waals surface area contributed by atoms with Gasteiger partial charge in [0.1, 0.15) is 15.4 Å². The van der Waals surface area contributed by atoms with Gasteiger partial charge in [-0.3, -0.25) is 0 Å². The third kappa shape index (κ3) is 2.62. The molecule has 2 heterocycles. The van der Waals surface area contributed by atoms with Crippen LogP contribution in [0.15, 0.2) is 54.6 Å². The highest BCUT2D eigenvalue weighted by Gasteiger charge is 2.13. The molecule has 4 aromatic rings. The average molecular weight is 334 g/mol. The average Bonchev–Trinajstić information content (AvgIpc) is 3.07. The third-order valence-electron chi connectivity index (χ3n) is 3.67. The minimum Gasteiger partial charge on any atom is -0.392 e. The molecule has 0 radical (unpaired) electrons. The first kappa shape index (κ1) is 14.7. The van der Waals surface area contributed by atoms with Crippen LogP contribution in [-0.4, -0.2) is 20.1 Å². The minimum atomic E-state index is -0.0235. The number of hydrogen-bond donors (Lipinski definition) is 2. The van der Waals surface area contributed by atoms with Gasteiger partial charge in [-0.2, -0.15) is 0 Å². The van der Waals surface area contributed by atoms with Crippen LogP contribution in [0, 0.1) is 0 Å². The molecule has 5 nitrogen and oxygen atoms in total. The maximum absolute atomic E-state index is 9.29. The van der Waals surface area contributed by atoms with Gasteiger partial charge in [-0.1, -0.05) is 59.9 Å². The zero-order chi connectivity index (χ0) is 16.5. The second-order valence-electron chi connectivity index (χ2n) is 5.33. The molecule has 0 spiro atoms. The van der Waals surface area contributed by atoms with E-state index in [0.29, 0.717) is 17.2 Å². The van der Waals surface area contributed by atoms with Gasteiger partial charge in [0, 0.05) is 11.1 Å². The zero-order valence-electron chi connectivity index (χ0n) is 12.7. The summed E-state index contributed by atoms with van der Waals surface area (Å²) in [6.45, 7) is -0.0235. The van der Waals surface area contributed by atoms with Crippen LogP contribution < -0.4 is 5.73 Å². The summed E-state index contributed by atoms with van der Waals surface area (Å²) >= 11 is 1.49. The molecule has 6 heteroatoms. The molecule has 0 unspecified atom stereocenters. The molecule has 0 saturated carbocycles. The second kappa shape index (κ2) is 5.99.